The molecular formula is C17H18N4O4. The molecule has 1 N–H and O–H groups in total. The van der Waals surface area contributed by atoms with E-state index in [4.69, 9.17) is 0 Å². The SMILES string of the molecule is Cc1cc(C(=O)NCCn2nc3c(cc2=O)CCC3)ccc1[N+](=O)[O-]. The zero-order chi connectivity index (χ0) is 18.0. The molecule has 1 amide bonds. The van der Waals surface area contributed by atoms with Gasteiger partial charge in [0, 0.05) is 29.8 Å². The van der Waals surface area contributed by atoms with E-state index >= 15 is 0 Å². The van der Waals surface area contributed by atoms with Crippen molar-refractivity contribution in [3.05, 3.63) is 67.1 Å². The molecule has 25 heavy (non-hydrogen) atoms. The largest absolute Gasteiger partial charge is 0.350 e. The van der Waals surface area contributed by atoms with Gasteiger partial charge in [0.25, 0.3) is 17.2 Å². The van der Waals surface area contributed by atoms with Crippen LogP contribution in [0.25, 0.3) is 0 Å². The molecule has 1 aliphatic carbocycles. The van der Waals surface area contributed by atoms with E-state index in [-0.39, 0.29) is 30.2 Å². The average Bonchev–Trinajstić information content (AvgIpc) is 3.01. The Hall–Kier alpha value is -3.03. The molecule has 0 saturated heterocycles. The summed E-state index contributed by atoms with van der Waals surface area (Å²) in [6, 6.07) is 5.83. The molecule has 1 heterocycles. The molecule has 0 fully saturated rings. The fourth-order valence-corrected chi connectivity index (χ4v) is 2.98. The Kier molecular flexibility index (Phi) is 4.60. The third-order valence-electron chi connectivity index (χ3n) is 4.29. The maximum absolute atomic E-state index is 12.2. The zero-order valence-corrected chi connectivity index (χ0v) is 13.8. The number of carbonyl (C=O) groups excluding carboxylic acids is 1. The van der Waals surface area contributed by atoms with Crippen LogP contribution in [0.2, 0.25) is 0 Å². The van der Waals surface area contributed by atoms with E-state index in [0.29, 0.717) is 11.1 Å². The Bertz CT molecular complexity index is 904. The highest BCUT2D eigenvalue weighted by Gasteiger charge is 2.15. The summed E-state index contributed by atoms with van der Waals surface area (Å²) >= 11 is 0. The third kappa shape index (κ3) is 3.57. The normalized spacial score (nSPS) is 12.7. The number of hydrogen-bond donors (Lipinski definition) is 1. The number of nitrogens with zero attached hydrogens (tertiary/aromatic N) is 3. The predicted molar refractivity (Wildman–Crippen MR) is 90.7 cm³/mol. The monoisotopic (exact) mass is 342 g/mol. The maximum Gasteiger partial charge on any atom is 0.272 e. The van der Waals surface area contributed by atoms with Crippen molar-refractivity contribution in [1.82, 2.24) is 15.1 Å². The first-order valence-electron chi connectivity index (χ1n) is 8.09. The van der Waals surface area contributed by atoms with Gasteiger partial charge >= 0.3 is 0 Å². The van der Waals surface area contributed by atoms with Gasteiger partial charge in [-0.2, -0.15) is 5.10 Å². The first-order valence-corrected chi connectivity index (χ1v) is 8.09. The van der Waals surface area contributed by atoms with Crippen LogP contribution in [0, 0.1) is 17.0 Å². The summed E-state index contributed by atoms with van der Waals surface area (Å²) in [6.45, 7) is 2.12. The molecule has 0 spiro atoms. The topological polar surface area (TPSA) is 107 Å². The van der Waals surface area contributed by atoms with Gasteiger partial charge in [-0.25, -0.2) is 4.68 Å². The highest BCUT2D eigenvalue weighted by Crippen LogP contribution is 2.19. The smallest absolute Gasteiger partial charge is 0.272 e. The first kappa shape index (κ1) is 16.8. The van der Waals surface area contributed by atoms with Gasteiger partial charge < -0.3 is 5.32 Å². The van der Waals surface area contributed by atoms with E-state index in [1.165, 1.54) is 22.9 Å². The van der Waals surface area contributed by atoms with Crippen molar-refractivity contribution in [1.29, 1.82) is 0 Å². The Balaban J connectivity index is 1.63. The van der Waals surface area contributed by atoms with E-state index < -0.39 is 4.92 Å². The molecule has 0 atom stereocenters. The fraction of sp³-hybridized carbons (Fsp3) is 0.353. The number of nitro benzene ring substituents is 1. The van der Waals surface area contributed by atoms with Crippen molar-refractivity contribution in [2.75, 3.05) is 6.54 Å². The van der Waals surface area contributed by atoms with Crippen LogP contribution >= 0.6 is 0 Å². The lowest BCUT2D eigenvalue weighted by Gasteiger charge is -2.09. The lowest BCUT2D eigenvalue weighted by Crippen LogP contribution is -2.32. The van der Waals surface area contributed by atoms with Gasteiger partial charge in [-0.1, -0.05) is 0 Å². The number of aryl methyl sites for hydroxylation is 3. The van der Waals surface area contributed by atoms with E-state index in [1.807, 2.05) is 0 Å². The number of nitro groups is 1. The quantitative estimate of drug-likeness (QED) is 0.652. The molecule has 0 radical (unpaired) electrons. The van der Waals surface area contributed by atoms with Crippen molar-refractivity contribution in [2.24, 2.45) is 0 Å². The molecular weight excluding hydrogens is 324 g/mol. The Morgan fingerprint density at radius 2 is 2.16 bits per heavy atom. The van der Waals surface area contributed by atoms with Crippen LogP contribution in [-0.2, 0) is 19.4 Å². The molecule has 3 rings (SSSR count). The van der Waals surface area contributed by atoms with Crippen LogP contribution < -0.4 is 10.9 Å². The van der Waals surface area contributed by atoms with Gasteiger partial charge in [0.05, 0.1) is 17.2 Å². The molecule has 130 valence electrons. The molecule has 0 bridgehead atoms. The first-order chi connectivity index (χ1) is 12.0. The van der Waals surface area contributed by atoms with Gasteiger partial charge in [0.1, 0.15) is 0 Å². The highest BCUT2D eigenvalue weighted by atomic mass is 16.6. The van der Waals surface area contributed by atoms with Crippen LogP contribution in [0.3, 0.4) is 0 Å². The summed E-state index contributed by atoms with van der Waals surface area (Å²) in [5.41, 5.74) is 2.56. The van der Waals surface area contributed by atoms with Crippen LogP contribution in [0.4, 0.5) is 5.69 Å². The third-order valence-corrected chi connectivity index (χ3v) is 4.29. The predicted octanol–water partition coefficient (Wildman–Crippen LogP) is 1.38. The number of hydrogen-bond acceptors (Lipinski definition) is 5. The average molecular weight is 342 g/mol. The number of aromatic nitrogens is 2. The second kappa shape index (κ2) is 6.84. The fourth-order valence-electron chi connectivity index (χ4n) is 2.98. The Labute approximate surface area is 143 Å². The van der Waals surface area contributed by atoms with Gasteiger partial charge in [0.15, 0.2) is 0 Å². The minimum absolute atomic E-state index is 0.0227. The molecule has 1 aromatic heterocycles. The minimum Gasteiger partial charge on any atom is -0.350 e. The molecule has 0 aliphatic heterocycles. The lowest BCUT2D eigenvalue weighted by atomic mass is 10.1. The molecule has 2 aromatic rings. The van der Waals surface area contributed by atoms with Crippen molar-refractivity contribution in [3.63, 3.8) is 0 Å². The summed E-state index contributed by atoms with van der Waals surface area (Å²) in [5, 5.41) is 17.9. The summed E-state index contributed by atoms with van der Waals surface area (Å²) < 4.78 is 1.37. The summed E-state index contributed by atoms with van der Waals surface area (Å²) in [4.78, 5) is 34.5. The Morgan fingerprint density at radius 3 is 2.88 bits per heavy atom. The summed E-state index contributed by atoms with van der Waals surface area (Å²) in [7, 11) is 0. The van der Waals surface area contributed by atoms with Gasteiger partial charge in [-0.3, -0.25) is 19.7 Å². The van der Waals surface area contributed by atoms with E-state index in [0.717, 1.165) is 30.5 Å². The van der Waals surface area contributed by atoms with Crippen LogP contribution in [0.1, 0.15) is 33.6 Å². The zero-order valence-electron chi connectivity index (χ0n) is 13.8. The van der Waals surface area contributed by atoms with Crippen LogP contribution in [0.5, 0.6) is 0 Å². The number of benzene rings is 1. The van der Waals surface area contributed by atoms with Gasteiger partial charge in [0.2, 0.25) is 0 Å². The van der Waals surface area contributed by atoms with Gasteiger partial charge in [-0.15, -0.1) is 0 Å². The minimum atomic E-state index is -0.483. The molecule has 0 saturated carbocycles. The maximum atomic E-state index is 12.2. The molecule has 8 heteroatoms. The lowest BCUT2D eigenvalue weighted by molar-refractivity contribution is -0.385. The van der Waals surface area contributed by atoms with E-state index in [1.54, 1.807) is 13.0 Å². The number of fused-ring (bicyclic) bond motifs is 1. The molecule has 1 aliphatic rings. The Morgan fingerprint density at radius 1 is 1.36 bits per heavy atom. The molecule has 0 unspecified atom stereocenters. The standard InChI is InChI=1S/C17H18N4O4/c1-11-9-13(5-6-15(11)21(24)25)17(23)18-7-8-20-16(22)10-12-3-2-4-14(12)19-20/h5-6,9-10H,2-4,7-8H2,1H3,(H,18,23). The number of amides is 1. The molecule has 8 nitrogen and oxygen atoms in total. The van der Waals surface area contributed by atoms with Crippen molar-refractivity contribution in [2.45, 2.75) is 32.7 Å². The number of carbonyl (C=O) groups is 1. The second-order valence-electron chi connectivity index (χ2n) is 6.05. The van der Waals surface area contributed by atoms with E-state index in [2.05, 4.69) is 10.4 Å². The van der Waals surface area contributed by atoms with Crippen molar-refractivity contribution >= 4 is 11.6 Å². The summed E-state index contributed by atoms with van der Waals surface area (Å²) in [5.74, 6) is -0.341. The van der Waals surface area contributed by atoms with Crippen molar-refractivity contribution < 1.29 is 9.72 Å². The number of rotatable bonds is 5. The number of nitrogens with one attached hydrogen (secondary N) is 1. The van der Waals surface area contributed by atoms with Crippen LogP contribution in [-0.4, -0.2) is 27.2 Å². The van der Waals surface area contributed by atoms with E-state index in [9.17, 15) is 19.7 Å². The molecule has 1 aromatic carbocycles. The highest BCUT2D eigenvalue weighted by molar-refractivity contribution is 5.94. The summed E-state index contributed by atoms with van der Waals surface area (Å²) in [6.07, 6.45) is 2.79. The van der Waals surface area contributed by atoms with Gasteiger partial charge in [-0.05, 0) is 43.9 Å². The second-order valence-corrected chi connectivity index (χ2v) is 6.05. The van der Waals surface area contributed by atoms with Crippen molar-refractivity contribution in [3.8, 4) is 0 Å². The van der Waals surface area contributed by atoms with Crippen LogP contribution in [0.15, 0.2) is 29.1 Å².